The van der Waals surface area contributed by atoms with Gasteiger partial charge in [0.05, 0.1) is 16.8 Å². The lowest BCUT2D eigenvalue weighted by Crippen LogP contribution is -2.17. The fourth-order valence-corrected chi connectivity index (χ4v) is 2.24. The number of aromatic carboxylic acids is 1. The summed E-state index contributed by atoms with van der Waals surface area (Å²) in [5.41, 5.74) is 1.02. The number of carbonyl (C=O) groups is 1. The molecule has 0 radical (unpaired) electrons. The highest BCUT2D eigenvalue weighted by molar-refractivity contribution is 6.04. The Kier molecular flexibility index (Phi) is 3.80. The third-order valence-corrected chi connectivity index (χ3v) is 3.20. The van der Waals surface area contributed by atoms with Crippen molar-refractivity contribution in [2.45, 2.75) is 6.36 Å². The van der Waals surface area contributed by atoms with Gasteiger partial charge in [-0.2, -0.15) is 0 Å². The van der Waals surface area contributed by atoms with Crippen LogP contribution < -0.4 is 4.74 Å². The van der Waals surface area contributed by atoms with Gasteiger partial charge in [0.15, 0.2) is 0 Å². The molecule has 122 valence electrons. The molecule has 1 N–H and O–H groups in total. The molecule has 0 saturated heterocycles. The Labute approximate surface area is 133 Å². The lowest BCUT2D eigenvalue weighted by Gasteiger charge is -2.11. The van der Waals surface area contributed by atoms with Crippen LogP contribution in [-0.4, -0.2) is 27.4 Å². The van der Waals surface area contributed by atoms with Crippen LogP contribution in [0.2, 0.25) is 0 Å². The molecule has 3 aromatic rings. The molecule has 8 heteroatoms. The standard InChI is InChI=1S/C16H9F3N2O3/c17-16(18,19)24-10-3-4-13-11(6-10)12(15(22)23)7-14(21-13)9-2-1-5-20-8-9/h1-8H,(H,22,23). The predicted molar refractivity (Wildman–Crippen MR) is 78.6 cm³/mol. The monoisotopic (exact) mass is 334 g/mol. The number of alkyl halides is 3. The van der Waals surface area contributed by atoms with Crippen molar-refractivity contribution in [3.63, 3.8) is 0 Å². The summed E-state index contributed by atoms with van der Waals surface area (Å²) < 4.78 is 40.8. The Hall–Kier alpha value is -3.16. The van der Waals surface area contributed by atoms with Crippen LogP contribution in [0.4, 0.5) is 13.2 Å². The SMILES string of the molecule is O=C(O)c1cc(-c2cccnc2)nc2ccc(OC(F)(F)F)cc12. The zero-order valence-corrected chi connectivity index (χ0v) is 11.9. The van der Waals surface area contributed by atoms with Crippen molar-refractivity contribution < 1.29 is 27.8 Å². The molecule has 0 aliphatic rings. The fraction of sp³-hybridized carbons (Fsp3) is 0.0625. The number of nitrogens with zero attached hydrogens (tertiary/aromatic N) is 2. The van der Waals surface area contributed by atoms with E-state index < -0.39 is 18.1 Å². The number of carboxylic acids is 1. The fourth-order valence-electron chi connectivity index (χ4n) is 2.24. The average Bonchev–Trinajstić information content (AvgIpc) is 2.53. The molecule has 0 amide bonds. The highest BCUT2D eigenvalue weighted by Crippen LogP contribution is 2.30. The van der Waals surface area contributed by atoms with Crippen molar-refractivity contribution in [2.24, 2.45) is 0 Å². The lowest BCUT2D eigenvalue weighted by atomic mass is 10.0. The van der Waals surface area contributed by atoms with Crippen molar-refractivity contribution in [2.75, 3.05) is 0 Å². The van der Waals surface area contributed by atoms with E-state index in [9.17, 15) is 23.1 Å². The van der Waals surface area contributed by atoms with Gasteiger partial charge in [0.25, 0.3) is 0 Å². The van der Waals surface area contributed by atoms with E-state index in [2.05, 4.69) is 14.7 Å². The number of aromatic nitrogens is 2. The minimum absolute atomic E-state index is 0.0527. The quantitative estimate of drug-likeness (QED) is 0.786. The van der Waals surface area contributed by atoms with Crippen LogP contribution in [-0.2, 0) is 0 Å². The summed E-state index contributed by atoms with van der Waals surface area (Å²) in [6, 6.07) is 8.03. The Balaban J connectivity index is 2.18. The Morgan fingerprint density at radius 1 is 1.17 bits per heavy atom. The molecule has 5 nitrogen and oxygen atoms in total. The first-order valence-electron chi connectivity index (χ1n) is 6.68. The average molecular weight is 334 g/mol. The second-order valence-corrected chi connectivity index (χ2v) is 4.83. The molecule has 0 aliphatic heterocycles. The second kappa shape index (κ2) is 5.80. The van der Waals surface area contributed by atoms with Crippen LogP contribution in [0.3, 0.4) is 0 Å². The van der Waals surface area contributed by atoms with Crippen LogP contribution >= 0.6 is 0 Å². The molecule has 1 aromatic carbocycles. The summed E-state index contributed by atoms with van der Waals surface area (Å²) >= 11 is 0. The van der Waals surface area contributed by atoms with Gasteiger partial charge in [-0.3, -0.25) is 4.98 Å². The summed E-state index contributed by atoms with van der Waals surface area (Å²) in [6.45, 7) is 0. The molecule has 0 saturated carbocycles. The van der Waals surface area contributed by atoms with Gasteiger partial charge >= 0.3 is 12.3 Å². The van der Waals surface area contributed by atoms with Gasteiger partial charge in [0.2, 0.25) is 0 Å². The number of pyridine rings is 2. The van der Waals surface area contributed by atoms with Crippen molar-refractivity contribution in [3.8, 4) is 17.0 Å². The second-order valence-electron chi connectivity index (χ2n) is 4.83. The van der Waals surface area contributed by atoms with E-state index in [4.69, 9.17) is 0 Å². The molecule has 0 spiro atoms. The highest BCUT2D eigenvalue weighted by atomic mass is 19.4. The van der Waals surface area contributed by atoms with Crippen molar-refractivity contribution in [1.82, 2.24) is 9.97 Å². The van der Waals surface area contributed by atoms with Gasteiger partial charge in [-0.15, -0.1) is 13.2 Å². The molecule has 3 rings (SSSR count). The Morgan fingerprint density at radius 2 is 1.96 bits per heavy atom. The topological polar surface area (TPSA) is 72.3 Å². The maximum absolute atomic E-state index is 12.3. The maximum Gasteiger partial charge on any atom is 0.573 e. The molecular weight excluding hydrogens is 325 g/mol. The van der Waals surface area contributed by atoms with Gasteiger partial charge in [-0.05, 0) is 36.4 Å². The minimum atomic E-state index is -4.86. The van der Waals surface area contributed by atoms with Gasteiger partial charge in [-0.1, -0.05) is 0 Å². The first-order valence-corrected chi connectivity index (χ1v) is 6.68. The van der Waals surface area contributed by atoms with Crippen LogP contribution in [0.5, 0.6) is 5.75 Å². The molecule has 0 aliphatic carbocycles. The molecule has 24 heavy (non-hydrogen) atoms. The summed E-state index contributed by atoms with van der Waals surface area (Å²) in [6.07, 6.45) is -1.79. The van der Waals surface area contributed by atoms with Gasteiger partial charge in [0.1, 0.15) is 5.75 Å². The van der Waals surface area contributed by atoms with Crippen LogP contribution in [0.25, 0.3) is 22.2 Å². The van der Waals surface area contributed by atoms with E-state index >= 15 is 0 Å². The van der Waals surface area contributed by atoms with Gasteiger partial charge < -0.3 is 9.84 Å². The third-order valence-electron chi connectivity index (χ3n) is 3.20. The molecule has 0 unspecified atom stereocenters. The van der Waals surface area contributed by atoms with Crippen LogP contribution in [0.15, 0.2) is 48.8 Å². The molecular formula is C16H9F3N2O3. The molecule has 0 bridgehead atoms. The number of rotatable bonds is 3. The lowest BCUT2D eigenvalue weighted by molar-refractivity contribution is -0.274. The van der Waals surface area contributed by atoms with E-state index in [-0.39, 0.29) is 16.5 Å². The third kappa shape index (κ3) is 3.27. The van der Waals surface area contributed by atoms with E-state index in [0.29, 0.717) is 11.3 Å². The van der Waals surface area contributed by atoms with Crippen molar-refractivity contribution >= 4 is 16.9 Å². The van der Waals surface area contributed by atoms with Crippen molar-refractivity contribution in [3.05, 3.63) is 54.4 Å². The number of carboxylic acid groups (broad SMARTS) is 1. The summed E-state index contributed by atoms with van der Waals surface area (Å²) in [7, 11) is 0. The summed E-state index contributed by atoms with van der Waals surface area (Å²) in [5, 5.41) is 9.42. The van der Waals surface area contributed by atoms with Crippen LogP contribution in [0, 0.1) is 0 Å². The Bertz CT molecular complexity index is 912. The van der Waals surface area contributed by atoms with Gasteiger partial charge in [0, 0.05) is 23.3 Å². The zero-order chi connectivity index (χ0) is 17.3. The number of fused-ring (bicyclic) bond motifs is 1. The number of hydrogen-bond donors (Lipinski definition) is 1. The van der Waals surface area contributed by atoms with E-state index in [0.717, 1.165) is 12.1 Å². The molecule has 0 fully saturated rings. The van der Waals surface area contributed by atoms with Crippen LogP contribution in [0.1, 0.15) is 10.4 Å². The first-order chi connectivity index (χ1) is 11.3. The number of benzene rings is 1. The van der Waals surface area contributed by atoms with Gasteiger partial charge in [-0.25, -0.2) is 9.78 Å². The number of hydrogen-bond acceptors (Lipinski definition) is 4. The van der Waals surface area contributed by atoms with E-state index in [1.165, 1.54) is 18.3 Å². The van der Waals surface area contributed by atoms with E-state index in [1.807, 2.05) is 0 Å². The highest BCUT2D eigenvalue weighted by Gasteiger charge is 2.31. The number of ether oxygens (including phenoxy) is 1. The molecule has 2 heterocycles. The Morgan fingerprint density at radius 3 is 2.58 bits per heavy atom. The summed E-state index contributed by atoms with van der Waals surface area (Å²) in [5.74, 6) is -1.79. The smallest absolute Gasteiger partial charge is 0.478 e. The first kappa shape index (κ1) is 15.7. The normalized spacial score (nSPS) is 11.5. The molecule has 2 aromatic heterocycles. The summed E-state index contributed by atoms with van der Waals surface area (Å²) in [4.78, 5) is 19.7. The van der Waals surface area contributed by atoms with E-state index in [1.54, 1.807) is 18.3 Å². The predicted octanol–water partition coefficient (Wildman–Crippen LogP) is 3.89. The van der Waals surface area contributed by atoms with Crippen molar-refractivity contribution in [1.29, 1.82) is 0 Å². The molecule has 0 atom stereocenters. The minimum Gasteiger partial charge on any atom is -0.478 e. The zero-order valence-electron chi connectivity index (χ0n) is 11.9. The maximum atomic E-state index is 12.3. The number of halogens is 3. The largest absolute Gasteiger partial charge is 0.573 e.